The molecule has 0 atom stereocenters. The molecule has 0 radical (unpaired) electrons. The predicted molar refractivity (Wildman–Crippen MR) is 95.8 cm³/mol. The smallest absolute Gasteiger partial charge is 0.258 e. The van der Waals surface area contributed by atoms with Gasteiger partial charge in [0.2, 0.25) is 0 Å². The number of hydrogen-bond donors (Lipinski definition) is 2. The lowest BCUT2D eigenvalue weighted by atomic mass is 10.00. The first-order valence-corrected chi connectivity index (χ1v) is 7.63. The molecule has 23 heavy (non-hydrogen) atoms. The molecule has 0 fully saturated rings. The Bertz CT molecular complexity index is 944. The Morgan fingerprint density at radius 2 is 2.00 bits per heavy atom. The van der Waals surface area contributed by atoms with Crippen molar-refractivity contribution in [1.82, 2.24) is 9.55 Å². The fourth-order valence-electron chi connectivity index (χ4n) is 2.85. The number of nitrogen functional groups attached to an aromatic ring is 1. The van der Waals surface area contributed by atoms with Gasteiger partial charge in [-0.2, -0.15) is 0 Å². The Balaban J connectivity index is 2.37. The number of pyridine rings is 2. The molecule has 0 aliphatic heterocycles. The van der Waals surface area contributed by atoms with E-state index in [4.69, 9.17) is 5.73 Å². The normalized spacial score (nSPS) is 10.9. The summed E-state index contributed by atoms with van der Waals surface area (Å²) in [7, 11) is 1.81. The fraction of sp³-hybridized carbons (Fsp3) is 0.222. The number of rotatable bonds is 3. The van der Waals surface area contributed by atoms with Gasteiger partial charge < -0.3 is 15.6 Å². The number of hydrogen-bond acceptors (Lipinski definition) is 4. The van der Waals surface area contributed by atoms with Crippen LogP contribution in [0.1, 0.15) is 12.5 Å². The van der Waals surface area contributed by atoms with E-state index in [1.807, 2.05) is 51.2 Å². The molecule has 0 aliphatic carbocycles. The molecular weight excluding hydrogens is 288 g/mol. The molecular formula is C18H20N4O. The van der Waals surface area contributed by atoms with Gasteiger partial charge in [-0.25, -0.2) is 4.98 Å². The zero-order valence-corrected chi connectivity index (χ0v) is 13.6. The Morgan fingerprint density at radius 1 is 1.22 bits per heavy atom. The largest absolute Gasteiger partial charge is 0.399 e. The van der Waals surface area contributed by atoms with Gasteiger partial charge in [-0.3, -0.25) is 4.79 Å². The molecule has 5 heteroatoms. The third-order valence-electron chi connectivity index (χ3n) is 4.10. The van der Waals surface area contributed by atoms with Crippen LogP contribution in [0.25, 0.3) is 22.0 Å². The molecule has 5 nitrogen and oxygen atoms in total. The lowest BCUT2D eigenvalue weighted by molar-refractivity contribution is 0.761. The molecule has 0 aliphatic rings. The van der Waals surface area contributed by atoms with Gasteiger partial charge in [0, 0.05) is 42.5 Å². The van der Waals surface area contributed by atoms with Gasteiger partial charge in [0.1, 0.15) is 5.82 Å². The van der Waals surface area contributed by atoms with E-state index in [0.717, 1.165) is 27.8 Å². The van der Waals surface area contributed by atoms with Crippen molar-refractivity contribution in [1.29, 1.82) is 0 Å². The maximum Gasteiger partial charge on any atom is 0.258 e. The summed E-state index contributed by atoms with van der Waals surface area (Å²) >= 11 is 0. The highest BCUT2D eigenvalue weighted by molar-refractivity contribution is 5.86. The molecule has 0 spiro atoms. The molecule has 2 heterocycles. The summed E-state index contributed by atoms with van der Waals surface area (Å²) in [4.78, 5) is 17.3. The van der Waals surface area contributed by atoms with Crippen LogP contribution in [-0.4, -0.2) is 16.6 Å². The van der Waals surface area contributed by atoms with Crippen LogP contribution in [0.4, 0.5) is 11.5 Å². The van der Waals surface area contributed by atoms with E-state index in [0.29, 0.717) is 17.8 Å². The minimum Gasteiger partial charge on any atom is -0.399 e. The van der Waals surface area contributed by atoms with Crippen LogP contribution in [0.5, 0.6) is 0 Å². The molecule has 3 aromatic rings. The van der Waals surface area contributed by atoms with Gasteiger partial charge >= 0.3 is 0 Å². The standard InChI is InChI=1S/C18H20N4O/c1-4-22-16-9-17(20-3)21-10-12(16)7-15(18(22)23)14-8-13(19)6-5-11(14)2/h5-10H,4,19H2,1-3H3,(H,20,21). The number of nitrogens with one attached hydrogen (secondary N) is 1. The molecule has 0 unspecified atom stereocenters. The zero-order valence-electron chi connectivity index (χ0n) is 13.6. The molecule has 0 saturated carbocycles. The quantitative estimate of drug-likeness (QED) is 0.730. The van der Waals surface area contributed by atoms with E-state index in [1.54, 1.807) is 10.8 Å². The third kappa shape index (κ3) is 2.54. The monoisotopic (exact) mass is 308 g/mol. The molecule has 3 N–H and O–H groups in total. The molecule has 118 valence electrons. The zero-order chi connectivity index (χ0) is 16.6. The van der Waals surface area contributed by atoms with Crippen molar-refractivity contribution in [2.24, 2.45) is 0 Å². The van der Waals surface area contributed by atoms with Crippen molar-refractivity contribution in [2.45, 2.75) is 20.4 Å². The Kier molecular flexibility index (Phi) is 3.78. The van der Waals surface area contributed by atoms with Crippen molar-refractivity contribution < 1.29 is 0 Å². The van der Waals surface area contributed by atoms with Crippen molar-refractivity contribution in [3.63, 3.8) is 0 Å². The number of aryl methyl sites for hydroxylation is 2. The lowest BCUT2D eigenvalue weighted by Gasteiger charge is -2.14. The van der Waals surface area contributed by atoms with E-state index in [-0.39, 0.29) is 5.56 Å². The van der Waals surface area contributed by atoms with Crippen LogP contribution >= 0.6 is 0 Å². The number of nitrogens with two attached hydrogens (primary N) is 1. The SMILES string of the molecule is CCn1c(=O)c(-c2cc(N)ccc2C)cc2cnc(NC)cc21. The Morgan fingerprint density at radius 3 is 2.70 bits per heavy atom. The first-order valence-electron chi connectivity index (χ1n) is 7.63. The van der Waals surface area contributed by atoms with Crippen molar-refractivity contribution in [2.75, 3.05) is 18.1 Å². The van der Waals surface area contributed by atoms with E-state index < -0.39 is 0 Å². The van der Waals surface area contributed by atoms with Crippen molar-refractivity contribution in [3.05, 3.63) is 52.4 Å². The molecule has 1 aromatic carbocycles. The number of benzene rings is 1. The number of nitrogens with zero attached hydrogens (tertiary/aromatic N) is 2. The van der Waals surface area contributed by atoms with Crippen LogP contribution in [-0.2, 0) is 6.54 Å². The average molecular weight is 308 g/mol. The van der Waals surface area contributed by atoms with Gasteiger partial charge in [-0.15, -0.1) is 0 Å². The lowest BCUT2D eigenvalue weighted by Crippen LogP contribution is -2.21. The van der Waals surface area contributed by atoms with Crippen molar-refractivity contribution in [3.8, 4) is 11.1 Å². The maximum absolute atomic E-state index is 13.0. The minimum absolute atomic E-state index is 0.0121. The summed E-state index contributed by atoms with van der Waals surface area (Å²) in [5.41, 5.74) is 9.98. The van der Waals surface area contributed by atoms with Gasteiger partial charge in [0.15, 0.2) is 0 Å². The maximum atomic E-state index is 13.0. The first-order chi connectivity index (χ1) is 11.0. The summed E-state index contributed by atoms with van der Waals surface area (Å²) in [6.07, 6.45) is 1.79. The molecule has 0 bridgehead atoms. The summed E-state index contributed by atoms with van der Waals surface area (Å²) < 4.78 is 1.77. The van der Waals surface area contributed by atoms with Crippen LogP contribution in [0.3, 0.4) is 0 Å². The molecule has 2 aromatic heterocycles. The van der Waals surface area contributed by atoms with Gasteiger partial charge in [0.05, 0.1) is 5.52 Å². The summed E-state index contributed by atoms with van der Waals surface area (Å²) in [6, 6.07) is 9.44. The van der Waals surface area contributed by atoms with Crippen molar-refractivity contribution >= 4 is 22.4 Å². The summed E-state index contributed by atoms with van der Waals surface area (Å²) in [5.74, 6) is 0.743. The van der Waals surface area contributed by atoms with Gasteiger partial charge in [-0.05, 0) is 43.2 Å². The Hall–Kier alpha value is -2.82. The van der Waals surface area contributed by atoms with Crippen LogP contribution in [0.2, 0.25) is 0 Å². The van der Waals surface area contributed by atoms with E-state index in [9.17, 15) is 4.79 Å². The second-order valence-electron chi connectivity index (χ2n) is 5.56. The van der Waals surface area contributed by atoms with E-state index in [2.05, 4.69) is 10.3 Å². The number of aromatic nitrogens is 2. The van der Waals surface area contributed by atoms with Crippen LogP contribution in [0, 0.1) is 6.92 Å². The average Bonchev–Trinajstić information content (AvgIpc) is 2.56. The third-order valence-corrected chi connectivity index (χ3v) is 4.10. The predicted octanol–water partition coefficient (Wildman–Crippen LogP) is 3.02. The van der Waals surface area contributed by atoms with Gasteiger partial charge in [-0.1, -0.05) is 6.07 Å². The molecule has 0 amide bonds. The molecule has 3 rings (SSSR count). The van der Waals surface area contributed by atoms with E-state index >= 15 is 0 Å². The summed E-state index contributed by atoms with van der Waals surface area (Å²) in [6.45, 7) is 4.55. The van der Waals surface area contributed by atoms with E-state index in [1.165, 1.54) is 0 Å². The topological polar surface area (TPSA) is 72.9 Å². The first kappa shape index (κ1) is 15.1. The second-order valence-corrected chi connectivity index (χ2v) is 5.56. The minimum atomic E-state index is -0.0121. The fourth-order valence-corrected chi connectivity index (χ4v) is 2.85. The van der Waals surface area contributed by atoms with Crippen LogP contribution in [0.15, 0.2) is 41.3 Å². The number of anilines is 2. The summed E-state index contributed by atoms with van der Waals surface area (Å²) in [5, 5.41) is 3.94. The van der Waals surface area contributed by atoms with Gasteiger partial charge in [0.25, 0.3) is 5.56 Å². The number of fused-ring (bicyclic) bond motifs is 1. The highest BCUT2D eigenvalue weighted by Gasteiger charge is 2.13. The molecule has 0 saturated heterocycles. The highest BCUT2D eigenvalue weighted by Crippen LogP contribution is 2.26. The highest BCUT2D eigenvalue weighted by atomic mass is 16.1. The Labute approximate surface area is 134 Å². The van der Waals surface area contributed by atoms with Crippen LogP contribution < -0.4 is 16.6 Å². The second kappa shape index (κ2) is 5.76.